The number of nitrogens with zero attached hydrogens (tertiary/aromatic N) is 6. The molecule has 3 aromatic rings. The molecule has 33 heavy (non-hydrogen) atoms. The molecule has 0 saturated carbocycles. The van der Waals surface area contributed by atoms with Crippen LogP contribution in [0.15, 0.2) is 41.9 Å². The molecule has 3 heterocycles. The van der Waals surface area contributed by atoms with Crippen molar-refractivity contribution in [1.82, 2.24) is 19.9 Å². The van der Waals surface area contributed by atoms with E-state index in [1.165, 1.54) is 11.3 Å². The highest BCUT2D eigenvalue weighted by Crippen LogP contribution is 2.27. The minimum Gasteiger partial charge on any atom is -0.444 e. The molecule has 0 atom stereocenters. The first-order valence-corrected chi connectivity index (χ1v) is 11.5. The Balaban J connectivity index is 1.54. The van der Waals surface area contributed by atoms with Crippen molar-refractivity contribution < 1.29 is 9.53 Å². The van der Waals surface area contributed by atoms with Gasteiger partial charge in [0.1, 0.15) is 22.1 Å². The lowest BCUT2D eigenvalue weighted by molar-refractivity contribution is 0.0240. The molecule has 4 rings (SSSR count). The molecule has 10 heteroatoms. The number of nitriles is 1. The van der Waals surface area contributed by atoms with Gasteiger partial charge in [0.25, 0.3) is 0 Å². The number of thiazole rings is 1. The first-order valence-electron chi connectivity index (χ1n) is 10.6. The number of anilines is 3. The van der Waals surface area contributed by atoms with Crippen molar-refractivity contribution in [2.75, 3.05) is 36.4 Å². The van der Waals surface area contributed by atoms with E-state index in [2.05, 4.69) is 21.3 Å². The normalized spacial score (nSPS) is 14.0. The topological polar surface area (TPSA) is 107 Å². The maximum Gasteiger partial charge on any atom is 0.410 e. The number of hydrogen-bond donors (Lipinski definition) is 1. The van der Waals surface area contributed by atoms with E-state index in [9.17, 15) is 4.79 Å². The fourth-order valence-corrected chi connectivity index (χ4v) is 3.89. The van der Waals surface area contributed by atoms with Crippen LogP contribution in [0.4, 0.5) is 22.2 Å². The number of piperazine rings is 1. The SMILES string of the molecule is CC(C)(C)OC(=O)N1CCN(c2nc(Nc3ccc(C#N)cc3)cc(-c3nccs3)n2)CC1. The van der Waals surface area contributed by atoms with Crippen LogP contribution in [0, 0.1) is 11.3 Å². The van der Waals surface area contributed by atoms with E-state index >= 15 is 0 Å². The van der Waals surface area contributed by atoms with Crippen molar-refractivity contribution in [1.29, 1.82) is 5.26 Å². The summed E-state index contributed by atoms with van der Waals surface area (Å²) in [6, 6.07) is 11.2. The molecule has 9 nitrogen and oxygen atoms in total. The summed E-state index contributed by atoms with van der Waals surface area (Å²) < 4.78 is 5.49. The summed E-state index contributed by atoms with van der Waals surface area (Å²) in [5.74, 6) is 1.20. The van der Waals surface area contributed by atoms with Gasteiger partial charge in [-0.3, -0.25) is 0 Å². The van der Waals surface area contributed by atoms with Crippen molar-refractivity contribution in [2.24, 2.45) is 0 Å². The summed E-state index contributed by atoms with van der Waals surface area (Å²) >= 11 is 1.51. The van der Waals surface area contributed by atoms with E-state index in [4.69, 9.17) is 20.0 Å². The fourth-order valence-electron chi connectivity index (χ4n) is 3.29. The molecule has 1 aliphatic rings. The van der Waals surface area contributed by atoms with Crippen LogP contribution in [-0.4, -0.2) is 57.7 Å². The summed E-state index contributed by atoms with van der Waals surface area (Å²) in [7, 11) is 0. The van der Waals surface area contributed by atoms with E-state index in [-0.39, 0.29) is 6.09 Å². The smallest absolute Gasteiger partial charge is 0.410 e. The molecule has 0 radical (unpaired) electrons. The monoisotopic (exact) mass is 463 g/mol. The van der Waals surface area contributed by atoms with Gasteiger partial charge < -0.3 is 19.9 Å². The lowest BCUT2D eigenvalue weighted by Crippen LogP contribution is -2.50. The highest BCUT2D eigenvalue weighted by molar-refractivity contribution is 7.13. The van der Waals surface area contributed by atoms with Gasteiger partial charge in [0, 0.05) is 49.5 Å². The Morgan fingerprint density at radius 3 is 2.48 bits per heavy atom. The molecule has 0 aliphatic carbocycles. The van der Waals surface area contributed by atoms with E-state index in [1.807, 2.05) is 44.4 Å². The molecule has 1 saturated heterocycles. The summed E-state index contributed by atoms with van der Waals surface area (Å²) in [5, 5.41) is 15.0. The largest absolute Gasteiger partial charge is 0.444 e. The predicted molar refractivity (Wildman–Crippen MR) is 128 cm³/mol. The van der Waals surface area contributed by atoms with Crippen LogP contribution >= 0.6 is 11.3 Å². The molecule has 1 N–H and O–H groups in total. The zero-order valence-electron chi connectivity index (χ0n) is 18.8. The van der Waals surface area contributed by atoms with E-state index < -0.39 is 5.60 Å². The van der Waals surface area contributed by atoms with Crippen molar-refractivity contribution in [3.05, 3.63) is 47.5 Å². The summed E-state index contributed by atoms with van der Waals surface area (Å²) in [6.07, 6.45) is 1.44. The molecule has 170 valence electrons. The molecule has 0 unspecified atom stereocenters. The van der Waals surface area contributed by atoms with Gasteiger partial charge in [0.05, 0.1) is 11.6 Å². The fraction of sp³-hybridized carbons (Fsp3) is 0.348. The minimum atomic E-state index is -0.522. The Morgan fingerprint density at radius 2 is 1.88 bits per heavy atom. The Bertz CT molecular complexity index is 1140. The van der Waals surface area contributed by atoms with Gasteiger partial charge in [0.15, 0.2) is 0 Å². The van der Waals surface area contributed by atoms with Crippen LogP contribution < -0.4 is 10.2 Å². The first kappa shape index (κ1) is 22.5. The van der Waals surface area contributed by atoms with Crippen LogP contribution in [0.3, 0.4) is 0 Å². The number of hydrogen-bond acceptors (Lipinski definition) is 9. The van der Waals surface area contributed by atoms with Gasteiger partial charge in [-0.2, -0.15) is 10.2 Å². The van der Waals surface area contributed by atoms with Gasteiger partial charge in [-0.05, 0) is 45.0 Å². The number of carbonyl (C=O) groups excluding carboxylic acids is 1. The number of aromatic nitrogens is 3. The minimum absolute atomic E-state index is 0.303. The van der Waals surface area contributed by atoms with Crippen molar-refractivity contribution >= 4 is 34.9 Å². The number of ether oxygens (including phenoxy) is 1. The van der Waals surface area contributed by atoms with Crippen LogP contribution in [0.2, 0.25) is 0 Å². The highest BCUT2D eigenvalue weighted by atomic mass is 32.1. The summed E-state index contributed by atoms with van der Waals surface area (Å²) in [6.45, 7) is 7.83. The highest BCUT2D eigenvalue weighted by Gasteiger charge is 2.27. The van der Waals surface area contributed by atoms with Gasteiger partial charge >= 0.3 is 6.09 Å². The van der Waals surface area contributed by atoms with E-state index in [1.54, 1.807) is 23.2 Å². The second-order valence-corrected chi connectivity index (χ2v) is 9.44. The second kappa shape index (κ2) is 9.42. The molecule has 1 aliphatic heterocycles. The average molecular weight is 464 g/mol. The zero-order chi connectivity index (χ0) is 23.4. The predicted octanol–water partition coefficient (Wildman–Crippen LogP) is 4.27. The van der Waals surface area contributed by atoms with Gasteiger partial charge in [-0.15, -0.1) is 11.3 Å². The van der Waals surface area contributed by atoms with E-state index in [0.29, 0.717) is 43.5 Å². The van der Waals surface area contributed by atoms with Gasteiger partial charge in [-0.25, -0.2) is 14.8 Å². The molecule has 0 spiro atoms. The molecule has 2 aromatic heterocycles. The standard InChI is InChI=1S/C23H25N7O2S/c1-23(2,3)32-22(31)30-11-9-29(10-12-30)21-27-18(20-25-8-13-33-20)14-19(28-21)26-17-6-4-16(15-24)5-7-17/h4-8,13-14H,9-12H2,1-3H3,(H,26,27,28). The van der Waals surface area contributed by atoms with Crippen LogP contribution in [0.25, 0.3) is 10.7 Å². The Labute approximate surface area is 196 Å². The van der Waals surface area contributed by atoms with Crippen LogP contribution in [0.5, 0.6) is 0 Å². The van der Waals surface area contributed by atoms with Crippen molar-refractivity contribution in [2.45, 2.75) is 26.4 Å². The first-order chi connectivity index (χ1) is 15.8. The molecule has 1 amide bonds. The third kappa shape index (κ3) is 5.75. The van der Waals surface area contributed by atoms with Crippen LogP contribution in [0.1, 0.15) is 26.3 Å². The third-order valence-electron chi connectivity index (χ3n) is 4.87. The molecule has 1 aromatic carbocycles. The van der Waals surface area contributed by atoms with Crippen molar-refractivity contribution in [3.8, 4) is 16.8 Å². The molecular weight excluding hydrogens is 438 g/mol. The number of amides is 1. The van der Waals surface area contributed by atoms with E-state index in [0.717, 1.165) is 16.4 Å². The number of rotatable bonds is 4. The molecule has 0 bridgehead atoms. The van der Waals surface area contributed by atoms with Crippen molar-refractivity contribution in [3.63, 3.8) is 0 Å². The zero-order valence-corrected chi connectivity index (χ0v) is 19.6. The quantitative estimate of drug-likeness (QED) is 0.611. The van der Waals surface area contributed by atoms with Gasteiger partial charge in [-0.1, -0.05) is 0 Å². The maximum absolute atomic E-state index is 12.4. The number of carbonyl (C=O) groups is 1. The summed E-state index contributed by atoms with van der Waals surface area (Å²) in [5.41, 5.74) is 1.61. The van der Waals surface area contributed by atoms with Gasteiger partial charge in [0.2, 0.25) is 5.95 Å². The lowest BCUT2D eigenvalue weighted by Gasteiger charge is -2.35. The molecular formula is C23H25N7O2S. The van der Waals surface area contributed by atoms with Crippen LogP contribution in [-0.2, 0) is 4.74 Å². The third-order valence-corrected chi connectivity index (χ3v) is 5.66. The Morgan fingerprint density at radius 1 is 1.15 bits per heavy atom. The average Bonchev–Trinajstić information content (AvgIpc) is 3.33. The summed E-state index contributed by atoms with van der Waals surface area (Å²) in [4.78, 5) is 30.0. The molecule has 1 fully saturated rings. The Kier molecular flexibility index (Phi) is 6.42. The number of benzene rings is 1. The number of nitrogens with one attached hydrogen (secondary N) is 1. The Hall–Kier alpha value is -3.71. The maximum atomic E-state index is 12.4. The lowest BCUT2D eigenvalue weighted by atomic mass is 10.2. The second-order valence-electron chi connectivity index (χ2n) is 8.54.